The molecule has 1 unspecified atom stereocenters. The Morgan fingerprint density at radius 2 is 1.70 bits per heavy atom. The number of nitrogens with one attached hydrogen (secondary N) is 1. The number of amides is 2. The normalized spacial score (nSPS) is 18.8. The fourth-order valence-corrected chi connectivity index (χ4v) is 4.91. The summed E-state index contributed by atoms with van der Waals surface area (Å²) in [6.45, 7) is 2.67. The number of piperidine rings is 1. The van der Waals surface area contributed by atoms with Crippen molar-refractivity contribution < 1.29 is 14.0 Å². The van der Waals surface area contributed by atoms with Gasteiger partial charge in [0.1, 0.15) is 5.82 Å². The molecule has 1 saturated carbocycles. The maximum absolute atomic E-state index is 13.1. The zero-order valence-corrected chi connectivity index (χ0v) is 18.4. The van der Waals surface area contributed by atoms with E-state index >= 15 is 0 Å². The molecule has 33 heavy (non-hydrogen) atoms. The van der Waals surface area contributed by atoms with Crippen LogP contribution in [0.3, 0.4) is 0 Å². The molecule has 3 aromatic rings. The third kappa shape index (κ3) is 4.53. The van der Waals surface area contributed by atoms with Gasteiger partial charge in [-0.3, -0.25) is 9.59 Å². The number of imidazole rings is 1. The van der Waals surface area contributed by atoms with Gasteiger partial charge in [-0.15, -0.1) is 0 Å². The summed E-state index contributed by atoms with van der Waals surface area (Å²) in [5, 5.41) is 3.05. The molecule has 1 aliphatic heterocycles. The number of hydrogen-bond acceptors (Lipinski definition) is 3. The molecule has 1 aromatic heterocycles. The van der Waals surface area contributed by atoms with Gasteiger partial charge in [0.15, 0.2) is 0 Å². The Bertz CT molecular complexity index is 1120. The van der Waals surface area contributed by atoms with E-state index in [-0.39, 0.29) is 29.0 Å². The molecule has 1 aliphatic carbocycles. The van der Waals surface area contributed by atoms with Crippen molar-refractivity contribution in [2.45, 2.75) is 25.8 Å². The molecular weight excluding hydrogens is 419 g/mol. The van der Waals surface area contributed by atoms with Crippen LogP contribution in [0, 0.1) is 17.2 Å². The lowest BCUT2D eigenvalue weighted by Crippen LogP contribution is -2.40. The second-order valence-corrected chi connectivity index (χ2v) is 9.09. The van der Waals surface area contributed by atoms with Crippen LogP contribution in [-0.4, -0.2) is 45.9 Å². The number of rotatable bonds is 6. The molecule has 2 aliphatic rings. The van der Waals surface area contributed by atoms with Crippen molar-refractivity contribution in [2.24, 2.45) is 11.3 Å². The first-order valence-corrected chi connectivity index (χ1v) is 11.4. The lowest BCUT2D eigenvalue weighted by atomic mass is 9.90. The van der Waals surface area contributed by atoms with Crippen molar-refractivity contribution in [2.75, 3.05) is 19.6 Å². The maximum Gasteiger partial charge on any atom is 0.253 e. The van der Waals surface area contributed by atoms with Gasteiger partial charge in [-0.05, 0) is 60.1 Å². The molecular formula is C26H27FN4O2. The van der Waals surface area contributed by atoms with Crippen LogP contribution in [0.15, 0.2) is 67.3 Å². The van der Waals surface area contributed by atoms with Crippen molar-refractivity contribution in [1.29, 1.82) is 0 Å². The van der Waals surface area contributed by atoms with Crippen LogP contribution in [0.25, 0.3) is 11.1 Å². The standard InChI is InChI=1S/C26H27FN4O2/c27-22-7-5-20(6-8-22)19-1-3-21(4-2-19)25(33)31-13-9-26(10-14-31)17-23(26)24(32)29-12-16-30-15-11-28-18-30/h1-8,11,15,18,23H,9-10,12-14,16-17H2,(H,29,32). The molecule has 0 bridgehead atoms. The van der Waals surface area contributed by atoms with Gasteiger partial charge in [0.25, 0.3) is 5.91 Å². The summed E-state index contributed by atoms with van der Waals surface area (Å²) >= 11 is 0. The average molecular weight is 447 g/mol. The molecule has 0 radical (unpaired) electrons. The number of carbonyl (C=O) groups is 2. The van der Waals surface area contributed by atoms with Crippen LogP contribution < -0.4 is 5.32 Å². The van der Waals surface area contributed by atoms with Crippen LogP contribution in [0.1, 0.15) is 29.6 Å². The molecule has 6 nitrogen and oxygen atoms in total. The Kier molecular flexibility index (Phi) is 5.70. The summed E-state index contributed by atoms with van der Waals surface area (Å²) in [6.07, 6.45) is 8.00. The predicted octanol–water partition coefficient (Wildman–Crippen LogP) is 3.75. The average Bonchev–Trinajstić information content (AvgIpc) is 3.28. The summed E-state index contributed by atoms with van der Waals surface area (Å²) in [4.78, 5) is 31.5. The molecule has 1 spiro atoms. The largest absolute Gasteiger partial charge is 0.354 e. The van der Waals surface area contributed by atoms with Gasteiger partial charge >= 0.3 is 0 Å². The van der Waals surface area contributed by atoms with E-state index in [0.717, 1.165) is 30.4 Å². The summed E-state index contributed by atoms with van der Waals surface area (Å²) < 4.78 is 15.1. The Morgan fingerprint density at radius 3 is 2.33 bits per heavy atom. The zero-order chi connectivity index (χ0) is 22.8. The summed E-state index contributed by atoms with van der Waals surface area (Å²) in [5.41, 5.74) is 2.58. The van der Waals surface area contributed by atoms with Crippen molar-refractivity contribution in [3.63, 3.8) is 0 Å². The Labute approximate surface area is 192 Å². The van der Waals surface area contributed by atoms with E-state index in [1.54, 1.807) is 24.7 Å². The Balaban J connectivity index is 1.12. The fourth-order valence-electron chi connectivity index (χ4n) is 4.91. The van der Waals surface area contributed by atoms with Crippen molar-refractivity contribution >= 4 is 11.8 Å². The second-order valence-electron chi connectivity index (χ2n) is 9.09. The third-order valence-electron chi connectivity index (χ3n) is 7.09. The van der Waals surface area contributed by atoms with Gasteiger partial charge in [-0.1, -0.05) is 24.3 Å². The molecule has 170 valence electrons. The van der Waals surface area contributed by atoms with Crippen molar-refractivity contribution in [1.82, 2.24) is 19.8 Å². The minimum atomic E-state index is -0.265. The summed E-state index contributed by atoms with van der Waals surface area (Å²) in [6, 6.07) is 13.8. The molecule has 1 N–H and O–H groups in total. The molecule has 2 fully saturated rings. The number of aromatic nitrogens is 2. The van der Waals surface area contributed by atoms with E-state index in [1.165, 1.54) is 12.1 Å². The SMILES string of the molecule is O=C(NCCn1ccnc1)C1CC12CCN(C(=O)c1ccc(-c3ccc(F)cc3)cc1)CC2. The van der Waals surface area contributed by atoms with Gasteiger partial charge in [-0.2, -0.15) is 0 Å². The number of carbonyl (C=O) groups excluding carboxylic acids is 2. The molecule has 1 atom stereocenters. The maximum atomic E-state index is 13.1. The van der Waals surface area contributed by atoms with Crippen LogP contribution in [0.2, 0.25) is 0 Å². The number of hydrogen-bond donors (Lipinski definition) is 1. The molecule has 1 saturated heterocycles. The number of halogens is 1. The van der Waals surface area contributed by atoms with Crippen LogP contribution in [-0.2, 0) is 11.3 Å². The number of likely N-dealkylation sites (tertiary alicyclic amines) is 1. The minimum absolute atomic E-state index is 0.0255. The van der Waals surface area contributed by atoms with E-state index in [0.29, 0.717) is 31.7 Å². The van der Waals surface area contributed by atoms with Gasteiger partial charge < -0.3 is 14.8 Å². The van der Waals surface area contributed by atoms with Crippen LogP contribution in [0.5, 0.6) is 0 Å². The monoisotopic (exact) mass is 446 g/mol. The molecule has 2 aromatic carbocycles. The first-order chi connectivity index (χ1) is 16.0. The van der Waals surface area contributed by atoms with Crippen LogP contribution >= 0.6 is 0 Å². The zero-order valence-electron chi connectivity index (χ0n) is 18.4. The molecule has 7 heteroatoms. The van der Waals surface area contributed by atoms with Crippen molar-refractivity contribution in [3.05, 3.63) is 78.6 Å². The van der Waals surface area contributed by atoms with E-state index in [9.17, 15) is 14.0 Å². The van der Waals surface area contributed by atoms with Crippen LogP contribution in [0.4, 0.5) is 4.39 Å². The van der Waals surface area contributed by atoms with E-state index < -0.39 is 0 Å². The van der Waals surface area contributed by atoms with Gasteiger partial charge in [-0.25, -0.2) is 9.37 Å². The topological polar surface area (TPSA) is 67.2 Å². The highest BCUT2D eigenvalue weighted by molar-refractivity contribution is 5.95. The van der Waals surface area contributed by atoms with Gasteiger partial charge in [0.05, 0.1) is 6.33 Å². The third-order valence-corrected chi connectivity index (χ3v) is 7.09. The lowest BCUT2D eigenvalue weighted by Gasteiger charge is -2.33. The highest BCUT2D eigenvalue weighted by atomic mass is 19.1. The lowest BCUT2D eigenvalue weighted by molar-refractivity contribution is -0.123. The molecule has 5 rings (SSSR count). The van der Waals surface area contributed by atoms with Crippen molar-refractivity contribution in [3.8, 4) is 11.1 Å². The highest BCUT2D eigenvalue weighted by Crippen LogP contribution is 2.59. The highest BCUT2D eigenvalue weighted by Gasteiger charge is 2.58. The minimum Gasteiger partial charge on any atom is -0.354 e. The van der Waals surface area contributed by atoms with E-state index in [4.69, 9.17) is 0 Å². The second kappa shape index (κ2) is 8.81. The fraction of sp³-hybridized carbons (Fsp3) is 0.346. The number of benzene rings is 2. The molecule has 2 heterocycles. The Morgan fingerprint density at radius 1 is 1.03 bits per heavy atom. The number of nitrogens with zero attached hydrogens (tertiary/aromatic N) is 3. The smallest absolute Gasteiger partial charge is 0.253 e. The quantitative estimate of drug-likeness (QED) is 0.627. The van der Waals surface area contributed by atoms with Gasteiger partial charge in [0, 0.05) is 50.1 Å². The Hall–Kier alpha value is -3.48. The molecule has 2 amide bonds. The first kappa shape index (κ1) is 21.4. The van der Waals surface area contributed by atoms with E-state index in [1.807, 2.05) is 39.9 Å². The predicted molar refractivity (Wildman–Crippen MR) is 123 cm³/mol. The van der Waals surface area contributed by atoms with E-state index in [2.05, 4.69) is 10.3 Å². The summed E-state index contributed by atoms with van der Waals surface area (Å²) in [5.74, 6) is -0.0467. The first-order valence-electron chi connectivity index (χ1n) is 11.4. The van der Waals surface area contributed by atoms with Gasteiger partial charge in [0.2, 0.25) is 5.91 Å². The summed E-state index contributed by atoms with van der Waals surface area (Å²) in [7, 11) is 0.